The summed E-state index contributed by atoms with van der Waals surface area (Å²) in [6.45, 7) is 1.19. The van der Waals surface area contributed by atoms with Gasteiger partial charge >= 0.3 is 0 Å². The number of rotatable bonds is 17. The second-order valence-corrected chi connectivity index (χ2v) is 27.1. The van der Waals surface area contributed by atoms with Crippen molar-refractivity contribution in [2.24, 2.45) is 0 Å². The zero-order valence-electron chi connectivity index (χ0n) is 45.4. The summed E-state index contributed by atoms with van der Waals surface area (Å²) in [6, 6.07) is 31.0. The molecule has 8 aromatic carbocycles. The Morgan fingerprint density at radius 2 is 0.800 bits per heavy atom. The number of nitrogens with one attached hydrogen (secondary N) is 2. The Hall–Kier alpha value is -9.21. The van der Waals surface area contributed by atoms with Crippen molar-refractivity contribution in [3.8, 4) is 11.4 Å². The van der Waals surface area contributed by atoms with Crippen LogP contribution in [-0.2, 0) is 67.4 Å². The average molecular weight is 1340 g/mol. The first-order valence-corrected chi connectivity index (χ1v) is 34.0. The smallest absolute Gasteiger partial charge is 0.295 e. The minimum Gasteiger partial charge on any atom is -0.378 e. The quantitative estimate of drug-likeness (QED) is 0.0249. The third-order valence-corrected chi connectivity index (χ3v) is 19.1. The van der Waals surface area contributed by atoms with E-state index in [9.17, 15) is 69.4 Å². The zero-order valence-corrected chi connectivity index (χ0v) is 50.3. The van der Waals surface area contributed by atoms with E-state index in [-0.39, 0.29) is 96.9 Å². The molecule has 1 aliphatic heterocycles. The number of morpholine rings is 1. The van der Waals surface area contributed by atoms with Gasteiger partial charge in [-0.05, 0) is 82.9 Å². The van der Waals surface area contributed by atoms with Gasteiger partial charge in [0.1, 0.15) is 41.6 Å². The minimum absolute atomic E-state index is 0.00826. The van der Waals surface area contributed by atoms with Crippen molar-refractivity contribution in [2.75, 3.05) is 41.8 Å². The van der Waals surface area contributed by atoms with E-state index in [1.807, 2.05) is 0 Å². The van der Waals surface area contributed by atoms with Gasteiger partial charge in [0.2, 0.25) is 17.8 Å². The second-order valence-electron chi connectivity index (χ2n) is 19.7. The highest BCUT2D eigenvalue weighted by molar-refractivity contribution is 7.86. The van der Waals surface area contributed by atoms with Gasteiger partial charge in [-0.1, -0.05) is 97.1 Å². The summed E-state index contributed by atoms with van der Waals surface area (Å²) in [4.78, 5) is 14.8. The van der Waals surface area contributed by atoms with E-state index in [1.165, 1.54) is 85.0 Å². The Labute approximate surface area is 514 Å². The summed E-state index contributed by atoms with van der Waals surface area (Å²) in [7, 11) is -20.1. The summed E-state index contributed by atoms with van der Waals surface area (Å²) in [5.41, 5.74) is 0.589. The molecule has 12 rings (SSSR count). The van der Waals surface area contributed by atoms with Crippen LogP contribution in [0.3, 0.4) is 0 Å². The third kappa shape index (κ3) is 12.6. The van der Waals surface area contributed by atoms with E-state index in [0.29, 0.717) is 45.7 Å². The lowest BCUT2D eigenvalue weighted by Crippen LogP contribution is -2.37. The Bertz CT molecular complexity index is 5090. The van der Waals surface area contributed by atoms with Crippen molar-refractivity contribution in [2.45, 2.75) is 29.4 Å². The largest absolute Gasteiger partial charge is 0.378 e. The fourth-order valence-corrected chi connectivity index (χ4v) is 13.9. The fourth-order valence-electron chi connectivity index (χ4n) is 9.91. The minimum atomic E-state index is -5.05. The lowest BCUT2D eigenvalue weighted by Gasteiger charge is -2.27. The van der Waals surface area contributed by atoms with E-state index in [0.717, 1.165) is 33.9 Å². The topological polar surface area (TPSA) is 429 Å². The molecule has 0 radical (unpaired) electrons. The normalized spacial score (nSPS) is 14.4. The van der Waals surface area contributed by atoms with Crippen LogP contribution in [0.2, 0.25) is 0 Å². The molecule has 2 atom stereocenters. The molecular weight excluding hydrogens is 1290 g/mol. The van der Waals surface area contributed by atoms with Gasteiger partial charge in [-0.2, -0.15) is 58.2 Å². The van der Waals surface area contributed by atoms with E-state index < -0.39 is 82.2 Å². The van der Waals surface area contributed by atoms with E-state index in [2.05, 4.69) is 46.0 Å². The van der Waals surface area contributed by atoms with Crippen LogP contribution in [0.1, 0.15) is 22.3 Å². The van der Waals surface area contributed by atoms with Crippen molar-refractivity contribution in [3.05, 3.63) is 156 Å². The molecular formula is C55H42N12O17S6. The summed E-state index contributed by atoms with van der Waals surface area (Å²) >= 11 is -4.78. The highest BCUT2D eigenvalue weighted by atomic mass is 32.2. The number of aromatic nitrogens is 9. The molecule has 0 spiro atoms. The summed E-state index contributed by atoms with van der Waals surface area (Å²) in [5.74, 6) is -0.343. The van der Waals surface area contributed by atoms with Gasteiger partial charge in [0.15, 0.2) is 22.2 Å². The number of nitrogens with zero attached hydrogens (tertiary/aromatic N) is 10. The average Bonchev–Trinajstić information content (AvgIpc) is 1.66. The molecule has 1 aliphatic rings. The second kappa shape index (κ2) is 23.6. The SMILES string of the molecule is O=S(O)c1cc2nn(-c3ccc(C=Cc4ccc(Nc5nc(Nc6ccc(C=Cc7ccc(-n8nc9cc(S(=O)O)c%10ccccc%10c9n8)cc7S(=O)(=O)O)c(S(=O)(=O)O)c6)nc(N6CCOCC6)n5)cc4S(=O)(=O)O)c(S(=O)(=O)O)c3)nc2c2ccccc12. The van der Waals surface area contributed by atoms with Gasteiger partial charge in [-0.3, -0.25) is 18.2 Å². The molecule has 8 N–H and O–H groups in total. The molecule has 0 aliphatic carbocycles. The van der Waals surface area contributed by atoms with Gasteiger partial charge in [0, 0.05) is 46.0 Å². The number of ether oxygens (including phenoxy) is 1. The molecule has 11 aromatic rings. The molecule has 1 saturated heterocycles. The maximum Gasteiger partial charge on any atom is 0.295 e. The van der Waals surface area contributed by atoms with Gasteiger partial charge in [0.25, 0.3) is 40.5 Å². The highest BCUT2D eigenvalue weighted by Crippen LogP contribution is 2.34. The number of fused-ring (bicyclic) bond motifs is 6. The molecule has 0 bridgehead atoms. The Morgan fingerprint density at radius 3 is 1.17 bits per heavy atom. The monoisotopic (exact) mass is 1330 g/mol. The molecule has 0 amide bonds. The predicted molar refractivity (Wildman–Crippen MR) is 330 cm³/mol. The van der Waals surface area contributed by atoms with Crippen LogP contribution in [0.4, 0.5) is 29.2 Å². The molecule has 35 heteroatoms. The molecule has 0 saturated carbocycles. The number of hydrogen-bond acceptors (Lipinski definition) is 21. The van der Waals surface area contributed by atoms with Crippen molar-refractivity contribution in [1.82, 2.24) is 44.9 Å². The molecule has 29 nitrogen and oxygen atoms in total. The standard InChI is InChI=1S/C55H42N12O17S6/c68-85(69)45-29-43-51(41-7-3-1-5-39(41)45)63-66(61-43)37-19-15-33(49(27-37)89(78,79)80)11-9-31-13-17-35(25-47(31)87(72,73)74)56-53-58-54(60-55(59-53)65-21-23-84-24-22-65)57-36-18-14-32(48(26-36)88(75,76)77)10-12-34-16-20-38(28-50(34)90(81,82)83)67-62-44-30-46(86(70)71)40-6-2-4-8-42(40)52(44)64-67/h1-20,25-30H,21-24H2,(H,68,69)(H,70,71)(H,72,73,74)(H,75,76,77)(H,78,79,80)(H,81,82,83)(H2,56,57,58,59,60). The maximum absolute atomic E-state index is 13.0. The number of benzene rings is 8. The first-order valence-electron chi connectivity index (χ1n) is 26.0. The van der Waals surface area contributed by atoms with Crippen LogP contribution < -0.4 is 15.5 Å². The summed E-state index contributed by atoms with van der Waals surface area (Å²) in [5, 5.41) is 25.4. The molecule has 4 heterocycles. The Balaban J connectivity index is 0.824. The highest BCUT2D eigenvalue weighted by Gasteiger charge is 2.25. The van der Waals surface area contributed by atoms with Crippen molar-refractivity contribution < 1.29 is 74.1 Å². The van der Waals surface area contributed by atoms with Crippen LogP contribution in [0.15, 0.2) is 163 Å². The zero-order chi connectivity index (χ0) is 63.6. The van der Waals surface area contributed by atoms with Crippen LogP contribution in [-0.4, -0.2) is 141 Å². The number of hydrogen-bond donors (Lipinski definition) is 8. The lowest BCUT2D eigenvalue weighted by atomic mass is 10.1. The fraction of sp³-hybridized carbons (Fsp3) is 0.0727. The van der Waals surface area contributed by atoms with Crippen LogP contribution in [0, 0.1) is 0 Å². The van der Waals surface area contributed by atoms with Gasteiger partial charge < -0.3 is 29.4 Å². The van der Waals surface area contributed by atoms with Gasteiger partial charge in [-0.15, -0.1) is 20.4 Å². The van der Waals surface area contributed by atoms with Crippen molar-refractivity contribution in [1.29, 1.82) is 0 Å². The van der Waals surface area contributed by atoms with E-state index in [4.69, 9.17) is 4.74 Å². The number of anilines is 5. The predicted octanol–water partition coefficient (Wildman–Crippen LogP) is 7.46. The van der Waals surface area contributed by atoms with Crippen LogP contribution >= 0.6 is 0 Å². The van der Waals surface area contributed by atoms with Crippen LogP contribution in [0.5, 0.6) is 0 Å². The summed E-state index contributed by atoms with van der Waals surface area (Å²) < 4.78 is 195. The Morgan fingerprint density at radius 1 is 0.444 bits per heavy atom. The molecule has 2 unspecified atom stereocenters. The van der Waals surface area contributed by atoms with Gasteiger partial charge in [-0.25, -0.2) is 8.42 Å². The molecule has 3 aromatic heterocycles. The van der Waals surface area contributed by atoms with E-state index in [1.54, 1.807) is 53.4 Å². The first kappa shape index (κ1) is 61.0. The summed E-state index contributed by atoms with van der Waals surface area (Å²) in [6.07, 6.45) is 4.69. The molecule has 90 heavy (non-hydrogen) atoms. The third-order valence-electron chi connectivity index (χ3n) is 14.0. The molecule has 1 fully saturated rings. The maximum atomic E-state index is 13.0. The van der Waals surface area contributed by atoms with Crippen molar-refractivity contribution >= 4 is 160 Å². The lowest BCUT2D eigenvalue weighted by molar-refractivity contribution is 0.122. The van der Waals surface area contributed by atoms with Gasteiger partial charge in [0.05, 0.1) is 34.4 Å². The first-order chi connectivity index (χ1) is 42.7. The Kier molecular flexibility index (Phi) is 16.0. The van der Waals surface area contributed by atoms with Crippen molar-refractivity contribution in [3.63, 3.8) is 0 Å². The van der Waals surface area contributed by atoms with Crippen LogP contribution in [0.25, 0.3) is 79.3 Å². The molecule has 460 valence electrons. The van der Waals surface area contributed by atoms with E-state index >= 15 is 0 Å².